The largest absolute Gasteiger partial charge is 0.492 e. The number of nitrogens with zero attached hydrogens (tertiary/aromatic N) is 4. The number of aryl methyl sites for hydroxylation is 1. The smallest absolute Gasteiger partial charge is 0.343 e. The number of methoxy groups -OCH3 is 1. The number of ether oxygens (including phenoxy) is 2. The van der Waals surface area contributed by atoms with Crippen LogP contribution in [0.3, 0.4) is 0 Å². The molecule has 4 heterocycles. The van der Waals surface area contributed by atoms with E-state index in [0.717, 1.165) is 5.56 Å². The zero-order valence-corrected chi connectivity index (χ0v) is 19.3. The van der Waals surface area contributed by atoms with Gasteiger partial charge in [-0.3, -0.25) is 14.3 Å². The van der Waals surface area contributed by atoms with Crippen molar-refractivity contribution in [1.82, 2.24) is 19.2 Å². The summed E-state index contributed by atoms with van der Waals surface area (Å²) in [4.78, 5) is 40.0. The quantitative estimate of drug-likeness (QED) is 0.467. The molecule has 3 aromatic heterocycles. The van der Waals surface area contributed by atoms with Crippen molar-refractivity contribution in [3.05, 3.63) is 68.5 Å². The van der Waals surface area contributed by atoms with E-state index in [1.165, 1.54) is 13.2 Å². The molecular formula is C23H26N4O5S. The van der Waals surface area contributed by atoms with Crippen molar-refractivity contribution in [1.29, 1.82) is 0 Å². The van der Waals surface area contributed by atoms with Crippen LogP contribution in [-0.4, -0.2) is 57.9 Å². The molecule has 0 N–H and O–H groups in total. The van der Waals surface area contributed by atoms with Crippen LogP contribution in [0, 0.1) is 0 Å². The molecular weight excluding hydrogens is 444 g/mol. The molecule has 0 aliphatic carbocycles. The number of amides is 1. The summed E-state index contributed by atoms with van der Waals surface area (Å²) in [5, 5.41) is 8.15. The molecule has 9 nitrogen and oxygen atoms in total. The van der Waals surface area contributed by atoms with Crippen LogP contribution in [0.2, 0.25) is 0 Å². The number of carbonyl (C=O) groups excluding carboxylic acids is 2. The number of hydrogen-bond donors (Lipinski definition) is 0. The molecule has 1 aliphatic rings. The maximum Gasteiger partial charge on any atom is 0.343 e. The Morgan fingerprint density at radius 2 is 2.12 bits per heavy atom. The van der Waals surface area contributed by atoms with Gasteiger partial charge in [-0.1, -0.05) is 0 Å². The number of pyridine rings is 1. The van der Waals surface area contributed by atoms with Crippen LogP contribution < -0.4 is 10.3 Å². The first-order valence-electron chi connectivity index (χ1n) is 10.8. The maximum absolute atomic E-state index is 12.9. The van der Waals surface area contributed by atoms with Crippen molar-refractivity contribution in [2.75, 3.05) is 26.8 Å². The predicted octanol–water partition coefficient (Wildman–Crippen LogP) is 1.99. The average Bonchev–Trinajstić information content (AvgIpc) is 3.48. The Morgan fingerprint density at radius 3 is 2.85 bits per heavy atom. The van der Waals surface area contributed by atoms with Crippen molar-refractivity contribution >= 4 is 23.2 Å². The highest BCUT2D eigenvalue weighted by Gasteiger charge is 2.27. The topological polar surface area (TPSA) is 95.7 Å². The molecule has 0 bridgehead atoms. The molecule has 10 heteroatoms. The predicted molar refractivity (Wildman–Crippen MR) is 123 cm³/mol. The van der Waals surface area contributed by atoms with E-state index in [1.54, 1.807) is 31.7 Å². The SMILES string of the molecule is COC(=O)c1c(OCCc2ccsc2)cc(=O)n2c1CCN(C(=O)CCn1cccn1)CC2. The van der Waals surface area contributed by atoms with Gasteiger partial charge >= 0.3 is 5.97 Å². The van der Waals surface area contributed by atoms with E-state index in [0.29, 0.717) is 57.7 Å². The standard InChI is InChI=1S/C23H26N4O5S/c1-31-23(30)22-18-3-9-25(20(28)4-10-26-8-2-7-24-26)11-12-27(18)21(29)15-19(22)32-13-5-17-6-14-33-16-17/h2,6-8,14-16H,3-5,9-13H2,1H3. The minimum Gasteiger partial charge on any atom is -0.492 e. The van der Waals surface area contributed by atoms with E-state index in [4.69, 9.17) is 9.47 Å². The van der Waals surface area contributed by atoms with Crippen LogP contribution in [0.4, 0.5) is 0 Å². The molecule has 3 aromatic rings. The highest BCUT2D eigenvalue weighted by atomic mass is 32.1. The molecule has 0 radical (unpaired) electrons. The molecule has 174 valence electrons. The highest BCUT2D eigenvalue weighted by Crippen LogP contribution is 2.24. The Hall–Kier alpha value is -3.40. The molecule has 1 aliphatic heterocycles. The fourth-order valence-electron chi connectivity index (χ4n) is 3.95. The first kappa shape index (κ1) is 22.8. The maximum atomic E-state index is 12.9. The monoisotopic (exact) mass is 470 g/mol. The van der Waals surface area contributed by atoms with Crippen LogP contribution in [0.1, 0.15) is 28.0 Å². The van der Waals surface area contributed by atoms with Gasteiger partial charge in [-0.25, -0.2) is 4.79 Å². The summed E-state index contributed by atoms with van der Waals surface area (Å²) in [6, 6.07) is 5.17. The molecule has 33 heavy (non-hydrogen) atoms. The summed E-state index contributed by atoms with van der Waals surface area (Å²) in [6.07, 6.45) is 4.82. The van der Waals surface area contributed by atoms with Crippen molar-refractivity contribution in [3.8, 4) is 5.75 Å². The van der Waals surface area contributed by atoms with Gasteiger partial charge in [0.05, 0.1) is 13.7 Å². The van der Waals surface area contributed by atoms with Gasteiger partial charge in [-0.2, -0.15) is 16.4 Å². The van der Waals surface area contributed by atoms with Crippen LogP contribution in [0.5, 0.6) is 5.75 Å². The third kappa shape index (κ3) is 5.33. The summed E-state index contributed by atoms with van der Waals surface area (Å²) in [5.41, 5.74) is 1.68. The van der Waals surface area contributed by atoms with Gasteiger partial charge in [-0.05, 0) is 28.5 Å². The normalized spacial score (nSPS) is 13.3. The van der Waals surface area contributed by atoms with E-state index >= 15 is 0 Å². The number of aromatic nitrogens is 3. The van der Waals surface area contributed by atoms with E-state index < -0.39 is 5.97 Å². The lowest BCUT2D eigenvalue weighted by molar-refractivity contribution is -0.131. The molecule has 0 unspecified atom stereocenters. The zero-order chi connectivity index (χ0) is 23.2. The van der Waals surface area contributed by atoms with E-state index in [9.17, 15) is 14.4 Å². The highest BCUT2D eigenvalue weighted by molar-refractivity contribution is 7.07. The molecule has 4 rings (SSSR count). The summed E-state index contributed by atoms with van der Waals surface area (Å²) in [7, 11) is 1.31. The Kier molecular flexibility index (Phi) is 7.23. The van der Waals surface area contributed by atoms with Crippen molar-refractivity contribution in [2.45, 2.75) is 32.4 Å². The zero-order valence-electron chi connectivity index (χ0n) is 18.4. The number of thiophene rings is 1. The number of rotatable bonds is 8. The second kappa shape index (κ2) is 10.5. The molecule has 0 atom stereocenters. The van der Waals surface area contributed by atoms with Crippen molar-refractivity contribution in [3.63, 3.8) is 0 Å². The van der Waals surface area contributed by atoms with Gasteiger partial charge in [0.1, 0.15) is 11.3 Å². The second-order valence-corrected chi connectivity index (χ2v) is 8.47. The van der Waals surface area contributed by atoms with Gasteiger partial charge in [-0.15, -0.1) is 0 Å². The Morgan fingerprint density at radius 1 is 1.24 bits per heavy atom. The average molecular weight is 471 g/mol. The third-order valence-electron chi connectivity index (χ3n) is 5.68. The lowest BCUT2D eigenvalue weighted by Gasteiger charge is -2.19. The van der Waals surface area contributed by atoms with Crippen molar-refractivity contribution in [2.24, 2.45) is 0 Å². The van der Waals surface area contributed by atoms with Gasteiger partial charge in [0.15, 0.2) is 0 Å². The fourth-order valence-corrected chi connectivity index (χ4v) is 4.65. The number of carbonyl (C=O) groups is 2. The van der Waals surface area contributed by atoms with Crippen LogP contribution >= 0.6 is 11.3 Å². The molecule has 0 saturated heterocycles. The lowest BCUT2D eigenvalue weighted by atomic mass is 10.1. The number of fused-ring (bicyclic) bond motifs is 1. The molecule has 1 amide bonds. The molecule has 0 saturated carbocycles. The van der Waals surface area contributed by atoms with Crippen LogP contribution in [-0.2, 0) is 35.5 Å². The van der Waals surface area contributed by atoms with E-state index in [-0.39, 0.29) is 22.8 Å². The third-order valence-corrected chi connectivity index (χ3v) is 6.41. The van der Waals surface area contributed by atoms with Crippen LogP contribution in [0.25, 0.3) is 0 Å². The molecule has 0 spiro atoms. The Labute approximate surface area is 195 Å². The van der Waals surface area contributed by atoms with Crippen LogP contribution in [0.15, 0.2) is 46.1 Å². The van der Waals surface area contributed by atoms with E-state index in [1.807, 2.05) is 29.1 Å². The lowest BCUT2D eigenvalue weighted by Crippen LogP contribution is -2.34. The number of esters is 1. The van der Waals surface area contributed by atoms with Gasteiger partial charge in [0.2, 0.25) is 5.91 Å². The Bertz CT molecular complexity index is 1150. The molecule has 0 fully saturated rings. The van der Waals surface area contributed by atoms with Gasteiger partial charge in [0, 0.05) is 69.6 Å². The first-order chi connectivity index (χ1) is 16.1. The first-order valence-corrected chi connectivity index (χ1v) is 11.7. The Balaban J connectivity index is 1.51. The second-order valence-electron chi connectivity index (χ2n) is 7.69. The summed E-state index contributed by atoms with van der Waals surface area (Å²) in [5.74, 6) is -0.340. The van der Waals surface area contributed by atoms with E-state index in [2.05, 4.69) is 5.10 Å². The summed E-state index contributed by atoms with van der Waals surface area (Å²) in [6.45, 7) is 1.93. The molecule has 0 aromatic carbocycles. The van der Waals surface area contributed by atoms with Gasteiger partial charge in [0.25, 0.3) is 5.56 Å². The summed E-state index contributed by atoms with van der Waals surface area (Å²) >= 11 is 1.61. The minimum atomic E-state index is -0.553. The van der Waals surface area contributed by atoms with Crippen molar-refractivity contribution < 1.29 is 19.1 Å². The minimum absolute atomic E-state index is 0.0155. The fraction of sp³-hybridized carbons (Fsp3) is 0.391. The summed E-state index contributed by atoms with van der Waals surface area (Å²) < 4.78 is 14.1. The number of hydrogen-bond acceptors (Lipinski definition) is 7. The van der Waals surface area contributed by atoms with Gasteiger partial charge < -0.3 is 18.9 Å².